The maximum absolute atomic E-state index is 5.56. The summed E-state index contributed by atoms with van der Waals surface area (Å²) in [5, 5.41) is 7.85. The minimum absolute atomic E-state index is 0.294. The second kappa shape index (κ2) is 5.36. The molecular formula is C17H24N2S. The van der Waals surface area contributed by atoms with Gasteiger partial charge in [-0.15, -0.1) is 0 Å². The number of nitrogens with one attached hydrogen (secondary N) is 2. The summed E-state index contributed by atoms with van der Waals surface area (Å²) in [5.74, 6) is 0.851. The summed E-state index contributed by atoms with van der Waals surface area (Å²) in [6.07, 6.45) is 8.00. The lowest BCUT2D eigenvalue weighted by molar-refractivity contribution is 0.340. The molecule has 0 saturated heterocycles. The predicted octanol–water partition coefficient (Wildman–Crippen LogP) is 4.31. The summed E-state index contributed by atoms with van der Waals surface area (Å²) in [4.78, 5) is 0. The summed E-state index contributed by atoms with van der Waals surface area (Å²) in [5.41, 5.74) is 3.96. The lowest BCUT2D eigenvalue weighted by Crippen LogP contribution is -2.49. The molecule has 108 valence electrons. The van der Waals surface area contributed by atoms with Crippen molar-refractivity contribution in [3.8, 4) is 0 Å². The molecule has 0 amide bonds. The molecule has 0 heterocycles. The lowest BCUT2D eigenvalue weighted by atomic mass is 9.91. The number of hydrogen-bond acceptors (Lipinski definition) is 1. The van der Waals surface area contributed by atoms with E-state index in [1.165, 1.54) is 49.7 Å². The van der Waals surface area contributed by atoms with Gasteiger partial charge in [-0.3, -0.25) is 0 Å². The van der Waals surface area contributed by atoms with Crippen molar-refractivity contribution in [3.05, 3.63) is 29.3 Å². The second-order valence-corrected chi connectivity index (χ2v) is 6.94. The lowest BCUT2D eigenvalue weighted by Gasteiger charge is -2.32. The Morgan fingerprint density at radius 3 is 2.50 bits per heavy atom. The van der Waals surface area contributed by atoms with Crippen molar-refractivity contribution in [2.75, 3.05) is 5.32 Å². The molecule has 2 aliphatic rings. The van der Waals surface area contributed by atoms with E-state index in [0.29, 0.717) is 5.54 Å². The van der Waals surface area contributed by atoms with Crippen LogP contribution in [0.4, 0.5) is 5.69 Å². The van der Waals surface area contributed by atoms with Crippen LogP contribution in [0.2, 0.25) is 0 Å². The Kier molecular flexibility index (Phi) is 3.72. The molecule has 0 radical (unpaired) electrons. The van der Waals surface area contributed by atoms with Crippen LogP contribution >= 0.6 is 12.2 Å². The number of rotatable bonds is 3. The molecule has 2 fully saturated rings. The highest BCUT2D eigenvalue weighted by atomic mass is 32.1. The van der Waals surface area contributed by atoms with Gasteiger partial charge in [-0.05, 0) is 69.3 Å². The molecule has 1 aromatic carbocycles. The van der Waals surface area contributed by atoms with Crippen LogP contribution in [0.3, 0.4) is 0 Å². The van der Waals surface area contributed by atoms with Gasteiger partial charge in [-0.1, -0.05) is 30.5 Å². The Morgan fingerprint density at radius 1 is 1.20 bits per heavy atom. The van der Waals surface area contributed by atoms with Crippen molar-refractivity contribution in [1.29, 1.82) is 0 Å². The molecule has 0 atom stereocenters. The zero-order valence-electron chi connectivity index (χ0n) is 12.5. The van der Waals surface area contributed by atoms with Gasteiger partial charge < -0.3 is 10.6 Å². The summed E-state index contributed by atoms with van der Waals surface area (Å²) in [6.45, 7) is 4.25. The number of hydrogen-bond donors (Lipinski definition) is 2. The number of anilines is 1. The van der Waals surface area contributed by atoms with Crippen LogP contribution in [0.25, 0.3) is 0 Å². The van der Waals surface area contributed by atoms with Crippen molar-refractivity contribution in [3.63, 3.8) is 0 Å². The number of benzene rings is 1. The van der Waals surface area contributed by atoms with E-state index >= 15 is 0 Å². The molecule has 2 nitrogen and oxygen atoms in total. The topological polar surface area (TPSA) is 24.1 Å². The summed E-state index contributed by atoms with van der Waals surface area (Å²) in [7, 11) is 0. The first-order valence-corrected chi connectivity index (χ1v) is 8.16. The Morgan fingerprint density at radius 2 is 1.90 bits per heavy atom. The average molecular weight is 288 g/mol. The van der Waals surface area contributed by atoms with Gasteiger partial charge in [-0.25, -0.2) is 0 Å². The van der Waals surface area contributed by atoms with Crippen molar-refractivity contribution >= 4 is 23.0 Å². The average Bonchev–Trinajstić information content (AvgIpc) is 3.15. The summed E-state index contributed by atoms with van der Waals surface area (Å²) >= 11 is 5.56. The van der Waals surface area contributed by atoms with Gasteiger partial charge in [0.05, 0.1) is 0 Å². The van der Waals surface area contributed by atoms with E-state index in [0.717, 1.165) is 16.7 Å². The Bertz CT molecular complexity index is 514. The molecular weight excluding hydrogens is 264 g/mol. The van der Waals surface area contributed by atoms with Gasteiger partial charge in [0.25, 0.3) is 0 Å². The van der Waals surface area contributed by atoms with Crippen LogP contribution < -0.4 is 10.6 Å². The molecule has 0 unspecified atom stereocenters. The van der Waals surface area contributed by atoms with E-state index in [1.54, 1.807) is 0 Å². The van der Waals surface area contributed by atoms with Gasteiger partial charge in [-0.2, -0.15) is 0 Å². The monoisotopic (exact) mass is 288 g/mol. The summed E-state index contributed by atoms with van der Waals surface area (Å²) < 4.78 is 0. The van der Waals surface area contributed by atoms with Crippen molar-refractivity contribution < 1.29 is 0 Å². The SMILES string of the molecule is Cc1ccc(NC(=S)NC2(C3CC3)CCCC2)c(C)c1. The molecule has 0 spiro atoms. The van der Waals surface area contributed by atoms with E-state index in [9.17, 15) is 0 Å². The standard InChI is InChI=1S/C17H24N2S/c1-12-5-8-15(13(2)11-12)18-16(20)19-17(14-6-7-14)9-3-4-10-17/h5,8,11,14H,3-4,6-7,9-10H2,1-2H3,(H2,18,19,20). The van der Waals surface area contributed by atoms with Crippen LogP contribution in [0, 0.1) is 19.8 Å². The van der Waals surface area contributed by atoms with E-state index in [4.69, 9.17) is 12.2 Å². The molecule has 0 aliphatic heterocycles. The normalized spacial score (nSPS) is 20.7. The van der Waals surface area contributed by atoms with Crippen LogP contribution in [0.15, 0.2) is 18.2 Å². The Hall–Kier alpha value is -1.09. The quantitative estimate of drug-likeness (QED) is 0.810. The molecule has 3 rings (SSSR count). The largest absolute Gasteiger partial charge is 0.357 e. The fraction of sp³-hybridized carbons (Fsp3) is 0.588. The third-order valence-electron chi connectivity index (χ3n) is 4.85. The second-order valence-electron chi connectivity index (χ2n) is 6.54. The Balaban J connectivity index is 1.67. The minimum atomic E-state index is 0.294. The zero-order valence-corrected chi connectivity index (χ0v) is 13.3. The van der Waals surface area contributed by atoms with Crippen LogP contribution in [-0.2, 0) is 0 Å². The number of thiocarbonyl (C=S) groups is 1. The van der Waals surface area contributed by atoms with E-state index < -0.39 is 0 Å². The highest BCUT2D eigenvalue weighted by Crippen LogP contribution is 2.48. The van der Waals surface area contributed by atoms with E-state index in [1.807, 2.05) is 0 Å². The van der Waals surface area contributed by atoms with E-state index in [-0.39, 0.29) is 0 Å². The minimum Gasteiger partial charge on any atom is -0.357 e. The first-order valence-electron chi connectivity index (χ1n) is 7.75. The van der Waals surface area contributed by atoms with Gasteiger partial charge in [0.15, 0.2) is 5.11 Å². The van der Waals surface area contributed by atoms with Crippen molar-refractivity contribution in [1.82, 2.24) is 5.32 Å². The van der Waals surface area contributed by atoms with Crippen LogP contribution in [0.1, 0.15) is 49.7 Å². The number of aryl methyl sites for hydroxylation is 2. The Labute approximate surface area is 127 Å². The van der Waals surface area contributed by atoms with Crippen LogP contribution in [-0.4, -0.2) is 10.7 Å². The smallest absolute Gasteiger partial charge is 0.171 e. The molecule has 2 N–H and O–H groups in total. The maximum atomic E-state index is 5.56. The molecule has 20 heavy (non-hydrogen) atoms. The molecule has 2 aliphatic carbocycles. The van der Waals surface area contributed by atoms with E-state index in [2.05, 4.69) is 42.7 Å². The van der Waals surface area contributed by atoms with Gasteiger partial charge >= 0.3 is 0 Å². The third-order valence-corrected chi connectivity index (χ3v) is 5.05. The molecule has 3 heteroatoms. The van der Waals surface area contributed by atoms with Crippen LogP contribution in [0.5, 0.6) is 0 Å². The fourth-order valence-corrected chi connectivity index (χ4v) is 3.92. The molecule has 1 aromatic rings. The molecule has 0 aromatic heterocycles. The summed E-state index contributed by atoms with van der Waals surface area (Å²) in [6, 6.07) is 6.44. The first kappa shape index (κ1) is 13.9. The third kappa shape index (κ3) is 2.83. The van der Waals surface area contributed by atoms with Crippen molar-refractivity contribution in [2.45, 2.75) is 57.9 Å². The zero-order chi connectivity index (χ0) is 14.2. The van der Waals surface area contributed by atoms with Gasteiger partial charge in [0.1, 0.15) is 0 Å². The van der Waals surface area contributed by atoms with Gasteiger partial charge in [0, 0.05) is 11.2 Å². The molecule has 2 saturated carbocycles. The highest BCUT2D eigenvalue weighted by molar-refractivity contribution is 7.80. The maximum Gasteiger partial charge on any atom is 0.171 e. The molecule has 0 bridgehead atoms. The highest BCUT2D eigenvalue weighted by Gasteiger charge is 2.47. The fourth-order valence-electron chi connectivity index (χ4n) is 3.61. The predicted molar refractivity (Wildman–Crippen MR) is 89.2 cm³/mol. The van der Waals surface area contributed by atoms with Crippen molar-refractivity contribution in [2.24, 2.45) is 5.92 Å². The van der Waals surface area contributed by atoms with Gasteiger partial charge in [0.2, 0.25) is 0 Å². The first-order chi connectivity index (χ1) is 9.59.